The van der Waals surface area contributed by atoms with Gasteiger partial charge in [-0.05, 0) is 18.2 Å². The Balaban J connectivity index is 1.93. The summed E-state index contributed by atoms with van der Waals surface area (Å²) in [5, 5.41) is 8.99. The van der Waals surface area contributed by atoms with Gasteiger partial charge in [0.1, 0.15) is 38.8 Å². The lowest BCUT2D eigenvalue weighted by molar-refractivity contribution is -1.02. The van der Waals surface area contributed by atoms with E-state index in [1.807, 2.05) is 13.0 Å². The monoisotopic (exact) mass is 291 g/mol. The average Bonchev–Trinajstić information content (AvgIpc) is 2.54. The van der Waals surface area contributed by atoms with Gasteiger partial charge in [-0.3, -0.25) is 0 Å². The third-order valence-electron chi connectivity index (χ3n) is 4.31. The third-order valence-corrected chi connectivity index (χ3v) is 4.31. The highest BCUT2D eigenvalue weighted by Crippen LogP contribution is 2.27. The molecule has 1 aromatic carbocycles. The lowest BCUT2D eigenvalue weighted by atomic mass is 10.1. The van der Waals surface area contributed by atoms with Crippen LogP contribution >= 0.6 is 0 Å². The van der Waals surface area contributed by atoms with E-state index in [9.17, 15) is 0 Å². The molecule has 1 heterocycles. The highest BCUT2D eigenvalue weighted by molar-refractivity contribution is 5.42. The molecule has 1 atom stereocenters. The van der Waals surface area contributed by atoms with Gasteiger partial charge in [-0.25, -0.2) is 0 Å². The summed E-state index contributed by atoms with van der Waals surface area (Å²) in [4.78, 5) is 2.98. The number of methoxy groups -OCH3 is 2. The van der Waals surface area contributed by atoms with E-state index in [4.69, 9.17) is 14.7 Å². The molecule has 0 aromatic heterocycles. The van der Waals surface area contributed by atoms with E-state index < -0.39 is 0 Å². The topological polar surface area (TPSA) is 51.1 Å². The van der Waals surface area contributed by atoms with Crippen molar-refractivity contribution in [3.05, 3.63) is 23.8 Å². The van der Waals surface area contributed by atoms with E-state index in [1.54, 1.807) is 19.1 Å². The van der Waals surface area contributed by atoms with Crippen molar-refractivity contribution in [3.63, 3.8) is 0 Å². The molecule has 0 unspecified atom stereocenters. The van der Waals surface area contributed by atoms with Gasteiger partial charge in [-0.2, -0.15) is 5.26 Å². The number of benzene rings is 1. The molecule has 1 aromatic rings. The van der Waals surface area contributed by atoms with E-state index in [2.05, 4.69) is 18.2 Å². The molecule has 5 nitrogen and oxygen atoms in total. The lowest BCUT2D eigenvalue weighted by Gasteiger charge is -2.31. The number of rotatable bonds is 5. The summed E-state index contributed by atoms with van der Waals surface area (Å²) < 4.78 is 10.6. The highest BCUT2D eigenvalue weighted by Gasteiger charge is 2.26. The molecule has 2 N–H and O–H groups in total. The minimum atomic E-state index is 0.104. The molecular weight excluding hydrogens is 266 g/mol. The Morgan fingerprint density at radius 2 is 1.81 bits per heavy atom. The van der Waals surface area contributed by atoms with Gasteiger partial charge < -0.3 is 19.3 Å². The van der Waals surface area contributed by atoms with Crippen LogP contribution in [0.3, 0.4) is 0 Å². The van der Waals surface area contributed by atoms with Crippen molar-refractivity contribution in [1.82, 2.24) is 0 Å². The van der Waals surface area contributed by atoms with Crippen LogP contribution in [-0.4, -0.2) is 46.4 Å². The summed E-state index contributed by atoms with van der Waals surface area (Å²) in [5.74, 6) is 1.56. The van der Waals surface area contributed by atoms with Crippen LogP contribution in [0.15, 0.2) is 18.2 Å². The van der Waals surface area contributed by atoms with Crippen molar-refractivity contribution < 1.29 is 19.3 Å². The van der Waals surface area contributed by atoms with E-state index >= 15 is 0 Å². The summed E-state index contributed by atoms with van der Waals surface area (Å²) in [6.45, 7) is 7.35. The number of quaternary nitrogens is 2. The van der Waals surface area contributed by atoms with Crippen LogP contribution in [0.5, 0.6) is 11.5 Å². The predicted octanol–water partition coefficient (Wildman–Crippen LogP) is -1.10. The Morgan fingerprint density at radius 3 is 2.38 bits per heavy atom. The number of nitrogens with zero attached hydrogens (tertiary/aromatic N) is 1. The number of nitrogens with one attached hydrogen (secondary N) is 2. The highest BCUT2D eigenvalue weighted by atomic mass is 16.5. The van der Waals surface area contributed by atoms with Crippen molar-refractivity contribution in [2.75, 3.05) is 40.4 Å². The van der Waals surface area contributed by atoms with Crippen molar-refractivity contribution >= 4 is 0 Å². The van der Waals surface area contributed by atoms with Gasteiger partial charge in [0, 0.05) is 12.5 Å². The minimum Gasteiger partial charge on any atom is -0.493 e. The first-order valence-corrected chi connectivity index (χ1v) is 7.46. The minimum absolute atomic E-state index is 0.104. The van der Waals surface area contributed by atoms with Crippen LogP contribution in [0, 0.1) is 11.3 Å². The Bertz CT molecular complexity index is 505. The van der Waals surface area contributed by atoms with Crippen LogP contribution < -0.4 is 19.3 Å². The molecule has 0 bridgehead atoms. The van der Waals surface area contributed by atoms with Crippen molar-refractivity contribution in [2.24, 2.45) is 0 Å². The number of ether oxygens (including phenoxy) is 2. The summed E-state index contributed by atoms with van der Waals surface area (Å²) in [7, 11) is 3.32. The first kappa shape index (κ1) is 15.6. The molecule has 0 spiro atoms. The standard InChI is InChI=1S/C16H23N3O2/c1-13(11-17)19-8-6-18(7-9-19)12-14-4-5-15(20-2)16(10-14)21-3/h4-5,10,13H,6-9,12H2,1-3H3/p+2/t13-/m0/s1. The second kappa shape index (κ2) is 7.30. The molecule has 1 fully saturated rings. The molecule has 0 aliphatic carbocycles. The van der Waals surface area contributed by atoms with Crippen molar-refractivity contribution in [3.8, 4) is 17.6 Å². The quantitative estimate of drug-likeness (QED) is 0.724. The van der Waals surface area contributed by atoms with Gasteiger partial charge in [0.25, 0.3) is 0 Å². The van der Waals surface area contributed by atoms with Gasteiger partial charge in [0.15, 0.2) is 17.5 Å². The predicted molar refractivity (Wildman–Crippen MR) is 79.7 cm³/mol. The van der Waals surface area contributed by atoms with Crippen LogP contribution in [-0.2, 0) is 6.54 Å². The number of hydrogen-bond acceptors (Lipinski definition) is 3. The SMILES string of the molecule is COc1ccc(C[NH+]2CC[NH+]([C@@H](C)C#N)CC2)cc1OC. The number of piperazine rings is 1. The van der Waals surface area contributed by atoms with E-state index in [-0.39, 0.29) is 6.04 Å². The fourth-order valence-corrected chi connectivity index (χ4v) is 2.91. The molecule has 5 heteroatoms. The molecule has 1 aliphatic rings. The van der Waals surface area contributed by atoms with Crippen molar-refractivity contribution in [1.29, 1.82) is 5.26 Å². The molecule has 114 valence electrons. The average molecular weight is 291 g/mol. The fraction of sp³-hybridized carbons (Fsp3) is 0.562. The largest absolute Gasteiger partial charge is 0.493 e. The first-order chi connectivity index (χ1) is 10.2. The lowest BCUT2D eigenvalue weighted by Crippen LogP contribution is -3.29. The van der Waals surface area contributed by atoms with Crippen LogP contribution in [0.4, 0.5) is 0 Å². The summed E-state index contributed by atoms with van der Waals surface area (Å²) in [6, 6.07) is 8.58. The van der Waals surface area contributed by atoms with Gasteiger partial charge >= 0.3 is 0 Å². The second-order valence-corrected chi connectivity index (χ2v) is 5.63. The smallest absolute Gasteiger partial charge is 0.172 e. The van der Waals surface area contributed by atoms with E-state index in [0.29, 0.717) is 0 Å². The summed E-state index contributed by atoms with van der Waals surface area (Å²) in [6.07, 6.45) is 0. The van der Waals surface area contributed by atoms with Crippen molar-refractivity contribution in [2.45, 2.75) is 19.5 Å². The Hall–Kier alpha value is -1.77. The Kier molecular flexibility index (Phi) is 5.43. The normalized spacial score (nSPS) is 23.1. The summed E-state index contributed by atoms with van der Waals surface area (Å²) >= 11 is 0. The van der Waals surface area contributed by atoms with Crippen LogP contribution in [0.1, 0.15) is 12.5 Å². The summed E-state index contributed by atoms with van der Waals surface area (Å²) in [5.41, 5.74) is 1.26. The molecule has 2 rings (SSSR count). The number of nitriles is 1. The van der Waals surface area contributed by atoms with E-state index in [1.165, 1.54) is 10.5 Å². The molecule has 0 saturated carbocycles. The molecular formula is C16H25N3O2+2. The zero-order valence-electron chi connectivity index (χ0n) is 13.1. The van der Waals surface area contributed by atoms with Gasteiger partial charge in [0.2, 0.25) is 0 Å². The molecule has 0 amide bonds. The molecule has 21 heavy (non-hydrogen) atoms. The number of hydrogen-bond donors (Lipinski definition) is 2. The second-order valence-electron chi connectivity index (χ2n) is 5.63. The third kappa shape index (κ3) is 3.87. The maximum Gasteiger partial charge on any atom is 0.172 e. The van der Waals surface area contributed by atoms with Crippen LogP contribution in [0.2, 0.25) is 0 Å². The van der Waals surface area contributed by atoms with Gasteiger partial charge in [-0.1, -0.05) is 0 Å². The first-order valence-electron chi connectivity index (χ1n) is 7.46. The molecule has 0 radical (unpaired) electrons. The maximum absolute atomic E-state index is 8.99. The fourth-order valence-electron chi connectivity index (χ4n) is 2.91. The van der Waals surface area contributed by atoms with E-state index in [0.717, 1.165) is 44.2 Å². The Labute approximate surface area is 126 Å². The zero-order valence-corrected chi connectivity index (χ0v) is 13.1. The van der Waals surface area contributed by atoms with Crippen LogP contribution in [0.25, 0.3) is 0 Å². The Morgan fingerprint density at radius 1 is 1.14 bits per heavy atom. The zero-order chi connectivity index (χ0) is 15.2. The molecule has 1 aliphatic heterocycles. The maximum atomic E-state index is 8.99. The van der Waals surface area contributed by atoms with Gasteiger partial charge in [-0.15, -0.1) is 0 Å². The van der Waals surface area contributed by atoms with Gasteiger partial charge in [0.05, 0.1) is 14.2 Å². The molecule has 1 saturated heterocycles.